The van der Waals surface area contributed by atoms with Crippen molar-refractivity contribution in [2.45, 2.75) is 13.0 Å². The van der Waals surface area contributed by atoms with Crippen LogP contribution in [0.15, 0.2) is 23.2 Å². The van der Waals surface area contributed by atoms with Gasteiger partial charge in [0.1, 0.15) is 5.82 Å². The zero-order valence-corrected chi connectivity index (χ0v) is 8.03. The number of aliphatic imine (C=N–C) groups is 1. The Morgan fingerprint density at radius 2 is 2.27 bits per heavy atom. The predicted molar refractivity (Wildman–Crippen MR) is 51.6 cm³/mol. The molecule has 78 valence electrons. The summed E-state index contributed by atoms with van der Waals surface area (Å²) in [5.74, 6) is -1.07. The topological polar surface area (TPSA) is 64.7 Å². The quantitative estimate of drug-likeness (QED) is 0.750. The average molecular weight is 208 g/mol. The third-order valence-electron chi connectivity index (χ3n) is 2.12. The molecule has 1 aromatic rings. The van der Waals surface area contributed by atoms with Crippen LogP contribution >= 0.6 is 0 Å². The number of nitrogens with zero attached hydrogens (tertiary/aromatic N) is 1. The lowest BCUT2D eigenvalue weighted by Crippen LogP contribution is -2.15. The summed E-state index contributed by atoms with van der Waals surface area (Å²) in [6.45, 7) is 1.80. The number of carbonyl (C=O) groups is 1. The van der Waals surface area contributed by atoms with E-state index in [0.717, 1.165) is 5.56 Å². The zero-order valence-electron chi connectivity index (χ0n) is 8.03. The Morgan fingerprint density at radius 1 is 1.53 bits per heavy atom. The molecule has 0 aromatic heterocycles. The fraction of sp³-hybridized carbons (Fsp3) is 0.200. The molecule has 0 radical (unpaired) electrons. The molecule has 4 nitrogen and oxygen atoms in total. The van der Waals surface area contributed by atoms with E-state index in [1.54, 1.807) is 19.1 Å². The van der Waals surface area contributed by atoms with E-state index in [1.807, 2.05) is 0 Å². The van der Waals surface area contributed by atoms with Gasteiger partial charge in [0.05, 0.1) is 0 Å². The number of nitrogens with two attached hydrogens (primary N) is 1. The molecule has 1 aliphatic heterocycles. The normalized spacial score (nSPS) is 20.0. The summed E-state index contributed by atoms with van der Waals surface area (Å²) in [7, 11) is 0. The first-order valence-electron chi connectivity index (χ1n) is 4.38. The summed E-state index contributed by atoms with van der Waals surface area (Å²) < 4.78 is 18.3. The van der Waals surface area contributed by atoms with Crippen molar-refractivity contribution in [3.05, 3.63) is 35.1 Å². The van der Waals surface area contributed by atoms with Crippen LogP contribution in [0.3, 0.4) is 0 Å². The molecule has 1 heterocycles. The number of ether oxygens (including phenoxy) is 1. The van der Waals surface area contributed by atoms with Crippen LogP contribution in [0.4, 0.5) is 4.39 Å². The van der Waals surface area contributed by atoms with E-state index in [9.17, 15) is 9.18 Å². The van der Waals surface area contributed by atoms with Crippen molar-refractivity contribution in [2.75, 3.05) is 0 Å². The summed E-state index contributed by atoms with van der Waals surface area (Å²) >= 11 is 0. The summed E-state index contributed by atoms with van der Waals surface area (Å²) in [4.78, 5) is 14.7. The van der Waals surface area contributed by atoms with E-state index in [0.29, 0.717) is 0 Å². The summed E-state index contributed by atoms with van der Waals surface area (Å²) in [6.07, 6.45) is -1.04. The highest BCUT2D eigenvalue weighted by molar-refractivity contribution is 5.98. The molecule has 0 aliphatic carbocycles. The van der Waals surface area contributed by atoms with E-state index in [2.05, 4.69) is 4.99 Å². The van der Waals surface area contributed by atoms with E-state index in [4.69, 9.17) is 10.5 Å². The number of carbonyl (C=O) groups excluding carboxylic acids is 1. The first-order chi connectivity index (χ1) is 7.08. The molecule has 2 rings (SSSR count). The van der Waals surface area contributed by atoms with Crippen molar-refractivity contribution in [2.24, 2.45) is 10.7 Å². The van der Waals surface area contributed by atoms with Crippen molar-refractivity contribution < 1.29 is 13.9 Å². The van der Waals surface area contributed by atoms with Crippen molar-refractivity contribution in [1.82, 2.24) is 0 Å². The average Bonchev–Trinajstić information content (AvgIpc) is 2.50. The first-order valence-corrected chi connectivity index (χ1v) is 4.38. The van der Waals surface area contributed by atoms with Gasteiger partial charge in [-0.2, -0.15) is 4.99 Å². The number of amides is 1. The number of hydrogen-bond acceptors (Lipinski definition) is 3. The van der Waals surface area contributed by atoms with Crippen LogP contribution in [-0.2, 0) is 9.53 Å². The molecule has 0 saturated carbocycles. The van der Waals surface area contributed by atoms with Gasteiger partial charge < -0.3 is 10.5 Å². The van der Waals surface area contributed by atoms with Gasteiger partial charge in [-0.05, 0) is 19.1 Å². The predicted octanol–water partition coefficient (Wildman–Crippen LogP) is 1.05. The highest BCUT2D eigenvalue weighted by atomic mass is 19.1. The lowest BCUT2D eigenvalue weighted by molar-refractivity contribution is -0.123. The molecule has 0 fully saturated rings. The van der Waals surface area contributed by atoms with Gasteiger partial charge in [0.2, 0.25) is 6.10 Å². The summed E-state index contributed by atoms with van der Waals surface area (Å²) in [6, 6.07) is 4.23. The Bertz CT molecular complexity index is 457. The van der Waals surface area contributed by atoms with Gasteiger partial charge in [0.25, 0.3) is 11.9 Å². The fourth-order valence-electron chi connectivity index (χ4n) is 1.43. The monoisotopic (exact) mass is 208 g/mol. The van der Waals surface area contributed by atoms with Crippen LogP contribution in [-0.4, -0.2) is 11.9 Å². The standard InChI is InChI=1S/C10H9FN2O2/c1-5-2-3-7(11)6(4-5)8-9(14)13-10(12)15-8/h2-4,8H,1H3,(H2,12,13,14). The Hall–Kier alpha value is -1.91. The van der Waals surface area contributed by atoms with Gasteiger partial charge in [0.15, 0.2) is 0 Å². The molecule has 1 atom stereocenters. The first kappa shape index (κ1) is 9.64. The van der Waals surface area contributed by atoms with Crippen LogP contribution in [0.1, 0.15) is 17.2 Å². The largest absolute Gasteiger partial charge is 0.446 e. The van der Waals surface area contributed by atoms with Gasteiger partial charge in [-0.15, -0.1) is 0 Å². The Kier molecular flexibility index (Phi) is 2.15. The van der Waals surface area contributed by atoms with Gasteiger partial charge in [-0.3, -0.25) is 4.79 Å². The van der Waals surface area contributed by atoms with Gasteiger partial charge >= 0.3 is 0 Å². The maximum absolute atomic E-state index is 13.4. The van der Waals surface area contributed by atoms with E-state index >= 15 is 0 Å². The van der Waals surface area contributed by atoms with Gasteiger partial charge in [-0.1, -0.05) is 11.6 Å². The molecule has 1 aliphatic rings. The number of halogens is 1. The van der Waals surface area contributed by atoms with Crippen LogP contribution in [0.25, 0.3) is 0 Å². The molecule has 5 heteroatoms. The maximum atomic E-state index is 13.4. The third kappa shape index (κ3) is 1.68. The van der Waals surface area contributed by atoms with Crippen LogP contribution < -0.4 is 5.73 Å². The van der Waals surface area contributed by atoms with Crippen molar-refractivity contribution in [3.8, 4) is 0 Å². The second kappa shape index (κ2) is 3.34. The minimum absolute atomic E-state index is 0.171. The molecule has 0 spiro atoms. The molecule has 0 bridgehead atoms. The Balaban J connectivity index is 2.39. The molecular weight excluding hydrogens is 199 g/mol. The zero-order chi connectivity index (χ0) is 11.0. The smallest absolute Gasteiger partial charge is 0.296 e. The molecule has 1 unspecified atom stereocenters. The second-order valence-electron chi connectivity index (χ2n) is 3.31. The Labute approximate surface area is 85.6 Å². The Morgan fingerprint density at radius 3 is 2.87 bits per heavy atom. The molecule has 0 saturated heterocycles. The molecular formula is C10H9FN2O2. The SMILES string of the molecule is Cc1ccc(F)c(C2OC(N)=NC2=O)c1. The van der Waals surface area contributed by atoms with E-state index in [-0.39, 0.29) is 11.6 Å². The fourth-order valence-corrected chi connectivity index (χ4v) is 1.43. The molecule has 2 N–H and O–H groups in total. The summed E-state index contributed by atoms with van der Waals surface area (Å²) in [5.41, 5.74) is 6.24. The van der Waals surface area contributed by atoms with Gasteiger partial charge in [0, 0.05) is 5.56 Å². The highest BCUT2D eigenvalue weighted by Gasteiger charge is 2.31. The minimum atomic E-state index is -1.04. The molecule has 1 aromatic carbocycles. The number of amidine groups is 1. The van der Waals surface area contributed by atoms with Crippen LogP contribution in [0, 0.1) is 12.7 Å². The lowest BCUT2D eigenvalue weighted by atomic mass is 10.1. The third-order valence-corrected chi connectivity index (χ3v) is 2.12. The van der Waals surface area contributed by atoms with E-state index < -0.39 is 17.8 Å². The van der Waals surface area contributed by atoms with Gasteiger partial charge in [-0.25, -0.2) is 4.39 Å². The van der Waals surface area contributed by atoms with Crippen molar-refractivity contribution in [3.63, 3.8) is 0 Å². The molecule has 1 amide bonds. The van der Waals surface area contributed by atoms with Crippen LogP contribution in [0.5, 0.6) is 0 Å². The maximum Gasteiger partial charge on any atom is 0.296 e. The highest BCUT2D eigenvalue weighted by Crippen LogP contribution is 2.26. The number of aryl methyl sites for hydroxylation is 1. The number of benzene rings is 1. The van der Waals surface area contributed by atoms with Crippen molar-refractivity contribution in [1.29, 1.82) is 0 Å². The number of rotatable bonds is 1. The molecule has 15 heavy (non-hydrogen) atoms. The number of hydrogen-bond donors (Lipinski definition) is 1. The summed E-state index contributed by atoms with van der Waals surface area (Å²) in [5, 5.41) is 0. The minimum Gasteiger partial charge on any atom is -0.446 e. The van der Waals surface area contributed by atoms with Crippen molar-refractivity contribution >= 4 is 11.9 Å². The second-order valence-corrected chi connectivity index (χ2v) is 3.31. The van der Waals surface area contributed by atoms with Crippen LogP contribution in [0.2, 0.25) is 0 Å². The van der Waals surface area contributed by atoms with E-state index in [1.165, 1.54) is 6.07 Å². The lowest BCUT2D eigenvalue weighted by Gasteiger charge is -2.10.